The molecule has 0 aromatic heterocycles. The fourth-order valence-electron chi connectivity index (χ4n) is 6.51. The first-order valence-electron chi connectivity index (χ1n) is 13.4. The lowest BCUT2D eigenvalue weighted by molar-refractivity contribution is -0.130. The van der Waals surface area contributed by atoms with Crippen LogP contribution in [0.25, 0.3) is 0 Å². The molecule has 3 N–H and O–H groups in total. The second-order valence-corrected chi connectivity index (χ2v) is 11.2. The summed E-state index contributed by atoms with van der Waals surface area (Å²) in [6, 6.07) is 13.0. The SMILES string of the molecule is O=C(NC1CCCCC1)C(C1CCCCC1)C1(CCc2ccc(Cl)cc2)Nc2ccc(F)cc2N1. The number of fused-ring (bicyclic) bond motifs is 1. The molecule has 0 bridgehead atoms. The van der Waals surface area contributed by atoms with Crippen LogP contribution in [0.1, 0.15) is 76.2 Å². The van der Waals surface area contributed by atoms with Crippen LogP contribution in [0.15, 0.2) is 42.5 Å². The summed E-state index contributed by atoms with van der Waals surface area (Å²) in [5.41, 5.74) is 2.12. The van der Waals surface area contributed by atoms with Crippen LogP contribution < -0.4 is 16.0 Å². The Balaban J connectivity index is 1.47. The molecule has 3 aliphatic rings. The van der Waals surface area contributed by atoms with E-state index < -0.39 is 5.66 Å². The van der Waals surface area contributed by atoms with E-state index in [1.54, 1.807) is 12.1 Å². The summed E-state index contributed by atoms with van der Waals surface area (Å²) < 4.78 is 14.2. The van der Waals surface area contributed by atoms with Gasteiger partial charge in [0.25, 0.3) is 0 Å². The third-order valence-electron chi connectivity index (χ3n) is 8.30. The standard InChI is InChI=1S/C29H37ClFN3O/c30-22-13-11-20(12-14-22)17-18-29(33-25-16-15-23(31)19-26(25)34-29)27(21-7-3-1-4-8-21)28(35)32-24-9-5-2-6-10-24/h11-16,19,21,24,27,33-34H,1-10,17-18H2,(H,32,35). The monoisotopic (exact) mass is 497 g/mol. The molecule has 188 valence electrons. The molecule has 2 atom stereocenters. The van der Waals surface area contributed by atoms with Gasteiger partial charge in [-0.1, -0.05) is 62.3 Å². The van der Waals surface area contributed by atoms with E-state index in [0.717, 1.165) is 61.3 Å². The lowest BCUT2D eigenvalue weighted by Crippen LogP contribution is -2.59. The molecule has 1 amide bonds. The Kier molecular flexibility index (Phi) is 7.52. The third-order valence-corrected chi connectivity index (χ3v) is 8.56. The van der Waals surface area contributed by atoms with Crippen LogP contribution in [0, 0.1) is 17.7 Å². The number of carbonyl (C=O) groups is 1. The van der Waals surface area contributed by atoms with Crippen LogP contribution in [-0.2, 0) is 11.2 Å². The molecule has 6 heteroatoms. The van der Waals surface area contributed by atoms with Gasteiger partial charge < -0.3 is 16.0 Å². The number of rotatable bonds is 7. The lowest BCUT2D eigenvalue weighted by Gasteiger charge is -2.44. The summed E-state index contributed by atoms with van der Waals surface area (Å²) in [5, 5.41) is 11.5. The molecule has 4 nitrogen and oxygen atoms in total. The Labute approximate surface area is 213 Å². The van der Waals surface area contributed by atoms with E-state index in [4.69, 9.17) is 11.6 Å². The van der Waals surface area contributed by atoms with Crippen LogP contribution >= 0.6 is 11.6 Å². The second-order valence-electron chi connectivity index (χ2n) is 10.8. The van der Waals surface area contributed by atoms with E-state index in [9.17, 15) is 9.18 Å². The summed E-state index contributed by atoms with van der Waals surface area (Å²) in [7, 11) is 0. The van der Waals surface area contributed by atoms with E-state index in [1.807, 2.05) is 12.1 Å². The average Bonchev–Trinajstić information content (AvgIpc) is 3.23. The van der Waals surface area contributed by atoms with Crippen molar-refractivity contribution in [2.45, 2.75) is 88.8 Å². The van der Waals surface area contributed by atoms with Crippen LogP contribution in [-0.4, -0.2) is 17.6 Å². The average molecular weight is 498 g/mol. The molecule has 35 heavy (non-hydrogen) atoms. The minimum atomic E-state index is -0.670. The number of halogens is 2. The molecular weight excluding hydrogens is 461 g/mol. The number of hydrogen-bond donors (Lipinski definition) is 3. The predicted molar refractivity (Wildman–Crippen MR) is 141 cm³/mol. The number of nitrogens with one attached hydrogen (secondary N) is 3. The van der Waals surface area contributed by atoms with Gasteiger partial charge in [-0.05, 0) is 80.3 Å². The van der Waals surface area contributed by atoms with Gasteiger partial charge in [-0.2, -0.15) is 0 Å². The molecule has 2 aromatic rings. The van der Waals surface area contributed by atoms with E-state index in [0.29, 0.717) is 6.42 Å². The molecule has 2 aromatic carbocycles. The van der Waals surface area contributed by atoms with Crippen molar-refractivity contribution in [2.24, 2.45) is 11.8 Å². The first-order chi connectivity index (χ1) is 17.0. The van der Waals surface area contributed by atoms with Gasteiger partial charge in [0.2, 0.25) is 5.91 Å². The van der Waals surface area contributed by atoms with Crippen LogP contribution in [0.4, 0.5) is 15.8 Å². The Bertz CT molecular complexity index is 1020. The van der Waals surface area contributed by atoms with Crippen LogP contribution in [0.5, 0.6) is 0 Å². The summed E-state index contributed by atoms with van der Waals surface area (Å²) in [6.07, 6.45) is 12.9. The first-order valence-corrected chi connectivity index (χ1v) is 13.8. The van der Waals surface area contributed by atoms with Gasteiger partial charge in [0.05, 0.1) is 17.3 Å². The zero-order valence-corrected chi connectivity index (χ0v) is 21.2. The number of benzene rings is 2. The maximum absolute atomic E-state index is 14.2. The van der Waals surface area contributed by atoms with Gasteiger partial charge in [0.1, 0.15) is 11.5 Å². The first kappa shape index (κ1) is 24.4. The van der Waals surface area contributed by atoms with E-state index in [2.05, 4.69) is 28.1 Å². The molecular formula is C29H37ClFN3O. The van der Waals surface area contributed by atoms with Crippen molar-refractivity contribution in [2.75, 3.05) is 10.6 Å². The number of aryl methyl sites for hydroxylation is 1. The van der Waals surface area contributed by atoms with Crippen molar-refractivity contribution in [3.8, 4) is 0 Å². The van der Waals surface area contributed by atoms with E-state index in [-0.39, 0.29) is 29.6 Å². The molecule has 0 radical (unpaired) electrons. The highest BCUT2D eigenvalue weighted by atomic mass is 35.5. The van der Waals surface area contributed by atoms with Gasteiger partial charge >= 0.3 is 0 Å². The van der Waals surface area contributed by atoms with Gasteiger partial charge in [0, 0.05) is 11.1 Å². The van der Waals surface area contributed by atoms with Crippen molar-refractivity contribution in [1.82, 2.24) is 5.32 Å². The maximum Gasteiger partial charge on any atom is 0.227 e. The molecule has 1 heterocycles. The Hall–Kier alpha value is -2.27. The third kappa shape index (κ3) is 5.61. The highest BCUT2D eigenvalue weighted by Gasteiger charge is 2.50. The van der Waals surface area contributed by atoms with E-state index in [1.165, 1.54) is 37.3 Å². The lowest BCUT2D eigenvalue weighted by atomic mass is 9.71. The van der Waals surface area contributed by atoms with Crippen molar-refractivity contribution in [3.05, 3.63) is 58.9 Å². The van der Waals surface area contributed by atoms with Gasteiger partial charge in [-0.25, -0.2) is 4.39 Å². The fourth-order valence-corrected chi connectivity index (χ4v) is 6.64. The summed E-state index contributed by atoms with van der Waals surface area (Å²) in [4.78, 5) is 14.1. The van der Waals surface area contributed by atoms with Gasteiger partial charge in [0.15, 0.2) is 0 Å². The molecule has 5 rings (SSSR count). The number of amides is 1. The largest absolute Gasteiger partial charge is 0.360 e. The highest BCUT2D eigenvalue weighted by molar-refractivity contribution is 6.30. The summed E-state index contributed by atoms with van der Waals surface area (Å²) in [5.74, 6) is -0.0789. The topological polar surface area (TPSA) is 53.2 Å². The Morgan fingerprint density at radius 2 is 1.60 bits per heavy atom. The summed E-state index contributed by atoms with van der Waals surface area (Å²) in [6.45, 7) is 0. The molecule has 2 saturated carbocycles. The molecule has 1 aliphatic heterocycles. The molecule has 2 aliphatic carbocycles. The van der Waals surface area contributed by atoms with Crippen molar-refractivity contribution < 1.29 is 9.18 Å². The van der Waals surface area contributed by atoms with Crippen LogP contribution in [0.2, 0.25) is 5.02 Å². The molecule has 0 spiro atoms. The van der Waals surface area contributed by atoms with Crippen molar-refractivity contribution >= 4 is 28.9 Å². The zero-order valence-electron chi connectivity index (χ0n) is 20.4. The zero-order chi connectivity index (χ0) is 24.3. The Morgan fingerprint density at radius 3 is 2.31 bits per heavy atom. The smallest absolute Gasteiger partial charge is 0.227 e. The fraction of sp³-hybridized carbons (Fsp3) is 0.552. The highest BCUT2D eigenvalue weighted by Crippen LogP contribution is 2.46. The minimum absolute atomic E-state index is 0.146. The van der Waals surface area contributed by atoms with Crippen molar-refractivity contribution in [1.29, 1.82) is 0 Å². The number of anilines is 2. The van der Waals surface area contributed by atoms with Gasteiger partial charge in [-0.15, -0.1) is 0 Å². The van der Waals surface area contributed by atoms with E-state index >= 15 is 0 Å². The number of hydrogen-bond acceptors (Lipinski definition) is 3. The van der Waals surface area contributed by atoms with Crippen LogP contribution in [0.3, 0.4) is 0 Å². The second kappa shape index (κ2) is 10.8. The molecule has 0 saturated heterocycles. The minimum Gasteiger partial charge on any atom is -0.360 e. The quantitative estimate of drug-likeness (QED) is 0.376. The Morgan fingerprint density at radius 1 is 0.943 bits per heavy atom. The summed E-state index contributed by atoms with van der Waals surface area (Å²) >= 11 is 6.12. The van der Waals surface area contributed by atoms with Gasteiger partial charge in [-0.3, -0.25) is 4.79 Å². The predicted octanol–water partition coefficient (Wildman–Crippen LogP) is 7.29. The molecule has 2 fully saturated rings. The normalized spacial score (nSPS) is 23.7. The van der Waals surface area contributed by atoms with Crippen molar-refractivity contribution in [3.63, 3.8) is 0 Å². The maximum atomic E-state index is 14.2. The number of carbonyl (C=O) groups excluding carboxylic acids is 1. The molecule has 2 unspecified atom stereocenters.